The van der Waals surface area contributed by atoms with E-state index in [2.05, 4.69) is 21.9 Å². The van der Waals surface area contributed by atoms with E-state index in [1.165, 1.54) is 25.7 Å². The summed E-state index contributed by atoms with van der Waals surface area (Å²) >= 11 is 0. The summed E-state index contributed by atoms with van der Waals surface area (Å²) in [5.41, 5.74) is 0.309. The lowest BCUT2D eigenvalue weighted by molar-refractivity contribution is 0.143. The SMILES string of the molecule is CCC(CCCC(CC12CCC(CC1CCCN=C=O)C2)N=C=O)CCN=C=O. The van der Waals surface area contributed by atoms with Crippen LogP contribution in [0, 0.1) is 23.2 Å². The highest BCUT2D eigenvalue weighted by Crippen LogP contribution is 2.61. The molecule has 0 amide bonds. The lowest BCUT2D eigenvalue weighted by Crippen LogP contribution is -2.30. The Labute approximate surface area is 174 Å². The van der Waals surface area contributed by atoms with E-state index in [1.54, 1.807) is 12.2 Å². The molecule has 0 heterocycles. The van der Waals surface area contributed by atoms with Crippen LogP contribution in [0.25, 0.3) is 0 Å². The molecule has 2 aliphatic carbocycles. The molecule has 0 aliphatic heterocycles. The second kappa shape index (κ2) is 12.6. The minimum Gasteiger partial charge on any atom is -0.211 e. The van der Waals surface area contributed by atoms with Crippen molar-refractivity contribution < 1.29 is 14.4 Å². The van der Waals surface area contributed by atoms with Crippen LogP contribution in [-0.4, -0.2) is 37.4 Å². The average molecular weight is 402 g/mol. The van der Waals surface area contributed by atoms with Crippen molar-refractivity contribution in [3.05, 3.63) is 0 Å². The van der Waals surface area contributed by atoms with E-state index in [0.29, 0.717) is 30.3 Å². The molecule has 6 heteroatoms. The summed E-state index contributed by atoms with van der Waals surface area (Å²) in [5, 5.41) is 0. The monoisotopic (exact) mass is 401 g/mol. The van der Waals surface area contributed by atoms with Crippen LogP contribution in [0.1, 0.15) is 84.0 Å². The van der Waals surface area contributed by atoms with Crippen molar-refractivity contribution in [1.29, 1.82) is 0 Å². The quantitative estimate of drug-likeness (QED) is 0.221. The van der Waals surface area contributed by atoms with Crippen LogP contribution in [0.15, 0.2) is 15.0 Å². The van der Waals surface area contributed by atoms with Crippen molar-refractivity contribution in [2.45, 2.75) is 90.0 Å². The predicted molar refractivity (Wildman–Crippen MR) is 112 cm³/mol. The molecule has 0 aromatic heterocycles. The summed E-state index contributed by atoms with van der Waals surface area (Å²) in [5.74, 6) is 2.04. The third-order valence-corrected chi connectivity index (χ3v) is 7.43. The molecule has 2 bridgehead atoms. The number of rotatable bonds is 15. The Kier molecular flexibility index (Phi) is 10.2. The zero-order valence-corrected chi connectivity index (χ0v) is 17.8. The number of aliphatic imine (C=N–C) groups is 3. The molecule has 0 aromatic carbocycles. The molecule has 2 fully saturated rings. The van der Waals surface area contributed by atoms with Gasteiger partial charge in [-0.15, -0.1) is 0 Å². The number of carbonyl (C=O) groups excluding carboxylic acids is 3. The lowest BCUT2D eigenvalue weighted by atomic mass is 9.69. The van der Waals surface area contributed by atoms with Crippen molar-refractivity contribution in [1.82, 2.24) is 0 Å². The van der Waals surface area contributed by atoms with Crippen molar-refractivity contribution in [3.63, 3.8) is 0 Å². The van der Waals surface area contributed by atoms with Gasteiger partial charge in [-0.05, 0) is 81.0 Å². The molecule has 160 valence electrons. The Bertz CT molecular complexity index is 648. The van der Waals surface area contributed by atoms with Crippen LogP contribution < -0.4 is 0 Å². The first-order valence-electron chi connectivity index (χ1n) is 11.3. The lowest BCUT2D eigenvalue weighted by Gasteiger charge is -2.37. The molecular formula is C23H35N3O3. The summed E-state index contributed by atoms with van der Waals surface area (Å²) in [6.45, 7) is 3.30. The van der Waals surface area contributed by atoms with E-state index in [4.69, 9.17) is 0 Å². The van der Waals surface area contributed by atoms with Gasteiger partial charge in [0.1, 0.15) is 0 Å². The molecule has 5 unspecified atom stereocenters. The third kappa shape index (κ3) is 7.16. The Balaban J connectivity index is 1.88. The maximum Gasteiger partial charge on any atom is 0.235 e. The standard InChI is InChI=1S/C23H35N3O3/c1-2-19(9-12-25-17-28)5-3-7-22(26-18-29)15-23-10-8-20(14-23)13-21(23)6-4-11-24-16-27/h19-22H,2-15H2,1H3. The van der Waals surface area contributed by atoms with E-state index >= 15 is 0 Å². The van der Waals surface area contributed by atoms with Crippen LogP contribution in [0.3, 0.4) is 0 Å². The first-order chi connectivity index (χ1) is 14.2. The maximum absolute atomic E-state index is 11.1. The average Bonchev–Trinajstić information content (AvgIpc) is 3.28. The summed E-state index contributed by atoms with van der Waals surface area (Å²) in [6.07, 6.45) is 18.2. The first-order valence-corrected chi connectivity index (χ1v) is 11.3. The maximum atomic E-state index is 11.1. The Morgan fingerprint density at radius 3 is 2.48 bits per heavy atom. The van der Waals surface area contributed by atoms with Crippen LogP contribution >= 0.6 is 0 Å². The molecule has 2 saturated carbocycles. The minimum absolute atomic E-state index is 0.0605. The Morgan fingerprint density at radius 1 is 1.00 bits per heavy atom. The molecule has 0 spiro atoms. The van der Waals surface area contributed by atoms with Gasteiger partial charge in [-0.2, -0.15) is 0 Å². The Hall–Kier alpha value is -1.86. The Morgan fingerprint density at radius 2 is 1.79 bits per heavy atom. The third-order valence-electron chi connectivity index (χ3n) is 7.43. The number of fused-ring (bicyclic) bond motifs is 2. The van der Waals surface area contributed by atoms with Gasteiger partial charge in [-0.25, -0.2) is 29.4 Å². The van der Waals surface area contributed by atoms with E-state index in [1.807, 2.05) is 6.08 Å². The molecule has 2 aliphatic rings. The fraction of sp³-hybridized carbons (Fsp3) is 0.870. The van der Waals surface area contributed by atoms with Crippen LogP contribution in [0.2, 0.25) is 0 Å². The van der Waals surface area contributed by atoms with E-state index in [0.717, 1.165) is 57.3 Å². The van der Waals surface area contributed by atoms with Gasteiger partial charge in [0.05, 0.1) is 19.1 Å². The number of hydrogen-bond donors (Lipinski definition) is 0. The number of hydrogen-bond acceptors (Lipinski definition) is 6. The largest absolute Gasteiger partial charge is 0.235 e. The predicted octanol–water partition coefficient (Wildman–Crippen LogP) is 4.93. The molecular weight excluding hydrogens is 366 g/mol. The van der Waals surface area contributed by atoms with Crippen LogP contribution in [0.4, 0.5) is 0 Å². The summed E-state index contributed by atoms with van der Waals surface area (Å²) in [6, 6.07) is 0.0605. The molecule has 29 heavy (non-hydrogen) atoms. The highest BCUT2D eigenvalue weighted by molar-refractivity contribution is 5.33. The number of isocyanates is 3. The van der Waals surface area contributed by atoms with Crippen molar-refractivity contribution in [2.24, 2.45) is 38.1 Å². The minimum atomic E-state index is 0.0605. The van der Waals surface area contributed by atoms with Crippen LogP contribution in [-0.2, 0) is 14.4 Å². The molecule has 5 atom stereocenters. The highest BCUT2D eigenvalue weighted by atomic mass is 16.1. The van der Waals surface area contributed by atoms with Gasteiger partial charge in [0.2, 0.25) is 18.2 Å². The van der Waals surface area contributed by atoms with Gasteiger partial charge in [0.15, 0.2) is 0 Å². The topological polar surface area (TPSA) is 88.3 Å². The van der Waals surface area contributed by atoms with Gasteiger partial charge < -0.3 is 0 Å². The molecule has 0 aromatic rings. The van der Waals surface area contributed by atoms with Crippen molar-refractivity contribution >= 4 is 18.2 Å². The zero-order valence-electron chi connectivity index (χ0n) is 17.8. The molecule has 0 radical (unpaired) electrons. The number of nitrogens with zero attached hydrogens (tertiary/aromatic N) is 3. The van der Waals surface area contributed by atoms with Gasteiger partial charge in [0, 0.05) is 0 Å². The van der Waals surface area contributed by atoms with E-state index in [-0.39, 0.29) is 6.04 Å². The van der Waals surface area contributed by atoms with Crippen molar-refractivity contribution in [2.75, 3.05) is 13.1 Å². The highest BCUT2D eigenvalue weighted by Gasteiger charge is 2.51. The smallest absolute Gasteiger partial charge is 0.211 e. The summed E-state index contributed by atoms with van der Waals surface area (Å²) in [4.78, 5) is 43.1. The molecule has 6 nitrogen and oxygen atoms in total. The second-order valence-corrected chi connectivity index (χ2v) is 9.06. The second-order valence-electron chi connectivity index (χ2n) is 9.06. The zero-order chi connectivity index (χ0) is 21.0. The van der Waals surface area contributed by atoms with E-state index in [9.17, 15) is 14.4 Å². The molecule has 0 saturated heterocycles. The fourth-order valence-electron chi connectivity index (χ4n) is 5.98. The van der Waals surface area contributed by atoms with Gasteiger partial charge in [0.25, 0.3) is 0 Å². The summed E-state index contributed by atoms with van der Waals surface area (Å²) < 4.78 is 0. The van der Waals surface area contributed by atoms with Gasteiger partial charge in [-0.1, -0.05) is 26.2 Å². The van der Waals surface area contributed by atoms with Gasteiger partial charge >= 0.3 is 0 Å². The first kappa shape index (κ1) is 23.4. The van der Waals surface area contributed by atoms with Crippen molar-refractivity contribution in [3.8, 4) is 0 Å². The van der Waals surface area contributed by atoms with Gasteiger partial charge in [-0.3, -0.25) is 0 Å². The van der Waals surface area contributed by atoms with Crippen LogP contribution in [0.5, 0.6) is 0 Å². The molecule has 0 N–H and O–H groups in total. The normalized spacial score (nSPS) is 26.8. The fourth-order valence-corrected chi connectivity index (χ4v) is 5.98. The van der Waals surface area contributed by atoms with E-state index < -0.39 is 0 Å². The summed E-state index contributed by atoms with van der Waals surface area (Å²) in [7, 11) is 0. The molecule has 2 rings (SSSR count).